The zero-order chi connectivity index (χ0) is 11.6. The fraction of sp³-hybridized carbons (Fsp3) is 0.667. The molecule has 1 aromatic rings. The molecule has 92 valence electrons. The predicted octanol–water partition coefficient (Wildman–Crippen LogP) is 0.766. The smallest absolute Gasteiger partial charge is 0.316 e. The maximum absolute atomic E-state index is 5.95. The first-order valence-corrected chi connectivity index (χ1v) is 6.15. The van der Waals surface area contributed by atoms with Crippen molar-refractivity contribution in [2.75, 3.05) is 19.7 Å². The van der Waals surface area contributed by atoms with Crippen LogP contribution in [0.1, 0.15) is 19.3 Å². The van der Waals surface area contributed by atoms with Crippen LogP contribution in [0.15, 0.2) is 18.5 Å². The summed E-state index contributed by atoms with van der Waals surface area (Å²) in [6.07, 6.45) is 6.57. The zero-order valence-electron chi connectivity index (χ0n) is 9.76. The highest BCUT2D eigenvalue weighted by molar-refractivity contribution is 4.98. The summed E-state index contributed by atoms with van der Waals surface area (Å²) in [6, 6.07) is 2.24. The van der Waals surface area contributed by atoms with Crippen molar-refractivity contribution in [2.45, 2.75) is 31.0 Å². The van der Waals surface area contributed by atoms with E-state index in [0.29, 0.717) is 12.6 Å². The number of ether oxygens (including phenoxy) is 2. The molecule has 2 fully saturated rings. The molecule has 1 unspecified atom stereocenters. The Morgan fingerprint density at radius 2 is 2.06 bits per heavy atom. The van der Waals surface area contributed by atoms with Gasteiger partial charge in [0.25, 0.3) is 0 Å². The van der Waals surface area contributed by atoms with Crippen molar-refractivity contribution in [3.05, 3.63) is 18.5 Å². The molecule has 1 aromatic heterocycles. The SMILES string of the molecule is c1cnc(OC2COC3(CCNCC3)C2)nc1. The predicted molar refractivity (Wildman–Crippen MR) is 61.9 cm³/mol. The van der Waals surface area contributed by atoms with E-state index in [0.717, 1.165) is 32.4 Å². The highest BCUT2D eigenvalue weighted by atomic mass is 16.6. The molecule has 0 aliphatic carbocycles. The Balaban J connectivity index is 1.60. The summed E-state index contributed by atoms with van der Waals surface area (Å²) in [5.41, 5.74) is 0.0324. The molecule has 2 saturated heterocycles. The van der Waals surface area contributed by atoms with Gasteiger partial charge in [0.05, 0.1) is 12.2 Å². The van der Waals surface area contributed by atoms with Crippen LogP contribution in [0.2, 0.25) is 0 Å². The van der Waals surface area contributed by atoms with Crippen molar-refractivity contribution >= 4 is 0 Å². The first-order chi connectivity index (χ1) is 8.36. The number of nitrogens with one attached hydrogen (secondary N) is 1. The van der Waals surface area contributed by atoms with E-state index in [1.54, 1.807) is 18.5 Å². The lowest BCUT2D eigenvalue weighted by Gasteiger charge is -2.32. The Kier molecular flexibility index (Phi) is 2.94. The molecule has 17 heavy (non-hydrogen) atoms. The Morgan fingerprint density at radius 1 is 1.29 bits per heavy atom. The monoisotopic (exact) mass is 235 g/mol. The van der Waals surface area contributed by atoms with Crippen LogP contribution in [0.5, 0.6) is 6.01 Å². The van der Waals surface area contributed by atoms with Crippen molar-refractivity contribution in [3.63, 3.8) is 0 Å². The lowest BCUT2D eigenvalue weighted by Crippen LogP contribution is -2.41. The Morgan fingerprint density at radius 3 is 2.82 bits per heavy atom. The Bertz CT molecular complexity index is 365. The van der Waals surface area contributed by atoms with Crippen LogP contribution in [0, 0.1) is 0 Å². The summed E-state index contributed by atoms with van der Waals surface area (Å²) in [6.45, 7) is 2.72. The van der Waals surface area contributed by atoms with Crippen LogP contribution in [-0.2, 0) is 4.74 Å². The number of rotatable bonds is 2. The minimum atomic E-state index is 0.0324. The van der Waals surface area contributed by atoms with Gasteiger partial charge in [0.2, 0.25) is 0 Å². The van der Waals surface area contributed by atoms with Crippen LogP contribution in [-0.4, -0.2) is 41.4 Å². The van der Waals surface area contributed by atoms with Crippen LogP contribution in [0.4, 0.5) is 0 Å². The maximum atomic E-state index is 5.95. The average Bonchev–Trinajstić information content (AvgIpc) is 2.74. The van der Waals surface area contributed by atoms with Gasteiger partial charge in [-0.25, -0.2) is 9.97 Å². The Hall–Kier alpha value is -1.20. The molecule has 0 radical (unpaired) electrons. The summed E-state index contributed by atoms with van der Waals surface area (Å²) < 4.78 is 11.7. The second kappa shape index (κ2) is 4.58. The number of aromatic nitrogens is 2. The molecule has 5 heteroatoms. The summed E-state index contributed by atoms with van der Waals surface area (Å²) in [5.74, 6) is 0. The van der Waals surface area contributed by atoms with Crippen molar-refractivity contribution < 1.29 is 9.47 Å². The standard InChI is InChI=1S/C12H17N3O2/c1-4-14-11(15-5-1)17-10-8-12(16-9-10)2-6-13-7-3-12/h1,4-5,10,13H,2-3,6-9H2. The first-order valence-electron chi connectivity index (χ1n) is 6.15. The van der Waals surface area contributed by atoms with Gasteiger partial charge in [-0.05, 0) is 32.0 Å². The van der Waals surface area contributed by atoms with E-state index in [4.69, 9.17) is 9.47 Å². The third-order valence-corrected chi connectivity index (χ3v) is 3.50. The number of nitrogens with zero attached hydrogens (tertiary/aromatic N) is 2. The quantitative estimate of drug-likeness (QED) is 0.820. The van der Waals surface area contributed by atoms with Crippen LogP contribution in [0.25, 0.3) is 0 Å². The lowest BCUT2D eigenvalue weighted by atomic mass is 9.89. The second-order valence-corrected chi connectivity index (χ2v) is 4.72. The van der Waals surface area contributed by atoms with Gasteiger partial charge in [-0.3, -0.25) is 0 Å². The van der Waals surface area contributed by atoms with E-state index in [1.165, 1.54) is 0 Å². The van der Waals surface area contributed by atoms with Crippen molar-refractivity contribution in [1.29, 1.82) is 0 Å². The molecular formula is C12H17N3O2. The zero-order valence-corrected chi connectivity index (χ0v) is 9.76. The molecule has 1 spiro atoms. The largest absolute Gasteiger partial charge is 0.458 e. The van der Waals surface area contributed by atoms with E-state index in [-0.39, 0.29) is 11.7 Å². The fourth-order valence-electron chi connectivity index (χ4n) is 2.60. The lowest BCUT2D eigenvalue weighted by molar-refractivity contribution is -0.0206. The minimum Gasteiger partial charge on any atom is -0.458 e. The average molecular weight is 235 g/mol. The van der Waals surface area contributed by atoms with Crippen molar-refractivity contribution in [3.8, 4) is 6.01 Å². The van der Waals surface area contributed by atoms with Crippen LogP contribution < -0.4 is 10.1 Å². The van der Waals surface area contributed by atoms with Gasteiger partial charge in [-0.15, -0.1) is 0 Å². The number of piperidine rings is 1. The molecule has 2 aliphatic rings. The number of hydrogen-bond donors (Lipinski definition) is 1. The topological polar surface area (TPSA) is 56.3 Å². The molecule has 0 amide bonds. The summed E-state index contributed by atoms with van der Waals surface area (Å²) >= 11 is 0. The van der Waals surface area contributed by atoms with E-state index >= 15 is 0 Å². The highest BCUT2D eigenvalue weighted by Gasteiger charge is 2.42. The van der Waals surface area contributed by atoms with Crippen molar-refractivity contribution in [2.24, 2.45) is 0 Å². The fourth-order valence-corrected chi connectivity index (χ4v) is 2.60. The van der Waals surface area contributed by atoms with Gasteiger partial charge in [0.1, 0.15) is 6.10 Å². The van der Waals surface area contributed by atoms with E-state index in [9.17, 15) is 0 Å². The summed E-state index contributed by atoms with van der Waals surface area (Å²) in [4.78, 5) is 8.15. The normalized spacial score (nSPS) is 27.2. The maximum Gasteiger partial charge on any atom is 0.316 e. The van der Waals surface area contributed by atoms with Crippen LogP contribution in [0.3, 0.4) is 0 Å². The second-order valence-electron chi connectivity index (χ2n) is 4.72. The van der Waals surface area contributed by atoms with Gasteiger partial charge in [0.15, 0.2) is 0 Å². The third-order valence-electron chi connectivity index (χ3n) is 3.50. The molecule has 5 nitrogen and oxygen atoms in total. The molecule has 0 saturated carbocycles. The molecule has 0 bridgehead atoms. The van der Waals surface area contributed by atoms with E-state index < -0.39 is 0 Å². The van der Waals surface area contributed by atoms with Gasteiger partial charge in [-0.2, -0.15) is 0 Å². The highest BCUT2D eigenvalue weighted by Crippen LogP contribution is 2.35. The Labute approximate surface area is 101 Å². The van der Waals surface area contributed by atoms with Gasteiger partial charge < -0.3 is 14.8 Å². The molecule has 2 aliphatic heterocycles. The van der Waals surface area contributed by atoms with Crippen LogP contribution >= 0.6 is 0 Å². The van der Waals surface area contributed by atoms with Gasteiger partial charge >= 0.3 is 6.01 Å². The summed E-state index contributed by atoms with van der Waals surface area (Å²) in [7, 11) is 0. The summed E-state index contributed by atoms with van der Waals surface area (Å²) in [5, 5.41) is 3.35. The molecule has 1 atom stereocenters. The third kappa shape index (κ3) is 2.40. The molecule has 3 rings (SSSR count). The van der Waals surface area contributed by atoms with Gasteiger partial charge in [0, 0.05) is 18.8 Å². The van der Waals surface area contributed by atoms with E-state index in [2.05, 4.69) is 15.3 Å². The van der Waals surface area contributed by atoms with Gasteiger partial charge in [-0.1, -0.05) is 0 Å². The molecular weight excluding hydrogens is 218 g/mol. The van der Waals surface area contributed by atoms with E-state index in [1.807, 2.05) is 0 Å². The molecule has 0 aromatic carbocycles. The molecule has 3 heterocycles. The van der Waals surface area contributed by atoms with Crippen molar-refractivity contribution in [1.82, 2.24) is 15.3 Å². The first kappa shape index (κ1) is 10.9. The minimum absolute atomic E-state index is 0.0324. The molecule has 1 N–H and O–H groups in total. The number of hydrogen-bond acceptors (Lipinski definition) is 5.